The van der Waals surface area contributed by atoms with Crippen molar-refractivity contribution < 1.29 is 9.72 Å². The van der Waals surface area contributed by atoms with Gasteiger partial charge in [0.15, 0.2) is 6.17 Å². The normalized spacial score (nSPS) is 36.3. The lowest BCUT2D eigenvalue weighted by Gasteiger charge is -2.48. The minimum atomic E-state index is -1.42. The molecule has 2 aliphatic heterocycles. The lowest BCUT2D eigenvalue weighted by Crippen LogP contribution is -2.74. The van der Waals surface area contributed by atoms with Crippen LogP contribution in [0, 0.1) is 22.0 Å². The summed E-state index contributed by atoms with van der Waals surface area (Å²) in [6.45, 7) is 5.04. The Balaban J connectivity index is 2.04. The van der Waals surface area contributed by atoms with Crippen molar-refractivity contribution in [3.8, 4) is 0 Å². The summed E-state index contributed by atoms with van der Waals surface area (Å²) in [5, 5.41) is 12.1. The van der Waals surface area contributed by atoms with Crippen molar-refractivity contribution in [1.29, 1.82) is 0 Å². The van der Waals surface area contributed by atoms with Crippen LogP contribution in [0.4, 0.5) is 0 Å². The molecule has 0 aromatic rings. The highest BCUT2D eigenvalue weighted by Crippen LogP contribution is 2.42. The van der Waals surface area contributed by atoms with Crippen LogP contribution >= 0.6 is 0 Å². The molecule has 0 aromatic carbocycles. The van der Waals surface area contributed by atoms with Crippen LogP contribution in [0.2, 0.25) is 0 Å². The van der Waals surface area contributed by atoms with Crippen LogP contribution in [0.15, 0.2) is 11.8 Å². The van der Waals surface area contributed by atoms with Crippen molar-refractivity contribution in [3.63, 3.8) is 0 Å². The Morgan fingerprint density at radius 1 is 1.41 bits per heavy atom. The molecule has 1 aliphatic carbocycles. The fourth-order valence-corrected chi connectivity index (χ4v) is 3.87. The van der Waals surface area contributed by atoms with Gasteiger partial charge in [-0.15, -0.1) is 0 Å². The summed E-state index contributed by atoms with van der Waals surface area (Å²) in [7, 11) is 0. The molecule has 0 aromatic heterocycles. The molecule has 1 amide bonds. The first-order valence-corrected chi connectivity index (χ1v) is 8.06. The monoisotopic (exact) mass is 308 g/mol. The number of amides is 1. The molecule has 3 aliphatic rings. The SMILES string of the molecule is CC1=CN(C(=O)C2CC2)C(N)C(N2CCCC2)([N+](=O)[O-])C1C. The maximum atomic E-state index is 12.5. The van der Waals surface area contributed by atoms with E-state index in [4.69, 9.17) is 5.73 Å². The third-order valence-electron chi connectivity index (χ3n) is 5.48. The number of nitrogens with zero attached hydrogens (tertiary/aromatic N) is 3. The Morgan fingerprint density at radius 2 is 2.00 bits per heavy atom. The summed E-state index contributed by atoms with van der Waals surface area (Å²) >= 11 is 0. The van der Waals surface area contributed by atoms with Crippen LogP contribution in [0.5, 0.6) is 0 Å². The van der Waals surface area contributed by atoms with E-state index < -0.39 is 11.8 Å². The summed E-state index contributed by atoms with van der Waals surface area (Å²) in [6, 6.07) is 0. The first kappa shape index (κ1) is 15.4. The fourth-order valence-electron chi connectivity index (χ4n) is 3.87. The van der Waals surface area contributed by atoms with Crippen LogP contribution in [0.3, 0.4) is 0 Å². The molecule has 7 nitrogen and oxygen atoms in total. The van der Waals surface area contributed by atoms with Gasteiger partial charge in [0.1, 0.15) is 0 Å². The standard InChI is InChI=1S/C15H24N4O3/c1-10-9-18(13(20)12-5-6-12)14(16)15(11(10)2,19(21)22)17-7-3-4-8-17/h9,11-12,14H,3-8,16H2,1-2H3. The molecular weight excluding hydrogens is 284 g/mol. The van der Waals surface area contributed by atoms with E-state index in [-0.39, 0.29) is 22.7 Å². The van der Waals surface area contributed by atoms with E-state index in [0.29, 0.717) is 13.1 Å². The smallest absolute Gasteiger partial charge is 0.304 e. The van der Waals surface area contributed by atoms with Gasteiger partial charge in [-0.25, -0.2) is 4.90 Å². The first-order chi connectivity index (χ1) is 10.4. The predicted octanol–water partition coefficient (Wildman–Crippen LogP) is 1.13. The van der Waals surface area contributed by atoms with Gasteiger partial charge in [-0.3, -0.25) is 19.8 Å². The maximum absolute atomic E-state index is 12.5. The minimum Gasteiger partial charge on any atom is -0.304 e. The van der Waals surface area contributed by atoms with E-state index >= 15 is 0 Å². The molecule has 1 saturated carbocycles. The Kier molecular flexibility index (Phi) is 3.72. The van der Waals surface area contributed by atoms with Crippen LogP contribution in [0.25, 0.3) is 0 Å². The molecule has 2 heterocycles. The Bertz CT molecular complexity index is 525. The van der Waals surface area contributed by atoms with Crippen LogP contribution in [-0.2, 0) is 4.79 Å². The summed E-state index contributed by atoms with van der Waals surface area (Å²) < 4.78 is 0. The number of carbonyl (C=O) groups excluding carboxylic acids is 1. The fraction of sp³-hybridized carbons (Fsp3) is 0.800. The molecule has 0 radical (unpaired) electrons. The molecule has 7 heteroatoms. The lowest BCUT2D eigenvalue weighted by atomic mass is 9.81. The summed E-state index contributed by atoms with van der Waals surface area (Å²) in [4.78, 5) is 27.7. The summed E-state index contributed by atoms with van der Waals surface area (Å²) in [5.41, 5.74) is 5.77. The van der Waals surface area contributed by atoms with Crippen molar-refractivity contribution in [2.75, 3.05) is 13.1 Å². The molecule has 3 rings (SSSR count). The molecule has 3 unspecified atom stereocenters. The van der Waals surface area contributed by atoms with Gasteiger partial charge in [-0.2, -0.15) is 0 Å². The number of nitro groups is 1. The van der Waals surface area contributed by atoms with Crippen molar-refractivity contribution in [2.24, 2.45) is 17.6 Å². The molecule has 22 heavy (non-hydrogen) atoms. The van der Waals surface area contributed by atoms with Crippen LogP contribution in [0.1, 0.15) is 39.5 Å². The molecule has 0 spiro atoms. The second-order valence-corrected chi connectivity index (χ2v) is 6.79. The number of likely N-dealkylation sites (tertiary alicyclic amines) is 1. The quantitative estimate of drug-likeness (QED) is 0.623. The third-order valence-corrected chi connectivity index (χ3v) is 5.48. The average Bonchev–Trinajstić information content (AvgIpc) is 3.19. The van der Waals surface area contributed by atoms with Crippen molar-refractivity contribution in [1.82, 2.24) is 9.80 Å². The summed E-state index contributed by atoms with van der Waals surface area (Å²) in [5.74, 6) is -0.394. The van der Waals surface area contributed by atoms with Crippen molar-refractivity contribution in [3.05, 3.63) is 21.9 Å². The molecular formula is C15H24N4O3. The minimum absolute atomic E-state index is 0.00783. The Morgan fingerprint density at radius 3 is 2.50 bits per heavy atom. The van der Waals surface area contributed by atoms with Crippen molar-refractivity contribution in [2.45, 2.75) is 51.4 Å². The van der Waals surface area contributed by atoms with E-state index in [1.807, 2.05) is 18.7 Å². The second kappa shape index (κ2) is 5.31. The van der Waals surface area contributed by atoms with Gasteiger partial charge < -0.3 is 5.73 Å². The zero-order chi connectivity index (χ0) is 16.1. The van der Waals surface area contributed by atoms with Gasteiger partial charge in [0.05, 0.1) is 5.92 Å². The van der Waals surface area contributed by atoms with Gasteiger partial charge in [0.25, 0.3) is 0 Å². The molecule has 0 bridgehead atoms. The van der Waals surface area contributed by atoms with E-state index in [1.54, 1.807) is 6.20 Å². The number of nitrogens with two attached hydrogens (primary N) is 1. The first-order valence-electron chi connectivity index (χ1n) is 8.06. The highest BCUT2D eigenvalue weighted by molar-refractivity contribution is 5.82. The number of carbonyl (C=O) groups is 1. The summed E-state index contributed by atoms with van der Waals surface area (Å²) in [6.07, 6.45) is 4.39. The van der Waals surface area contributed by atoms with Crippen molar-refractivity contribution >= 4 is 5.91 Å². The maximum Gasteiger partial charge on any atom is 0.317 e. The van der Waals surface area contributed by atoms with E-state index in [0.717, 1.165) is 31.3 Å². The van der Waals surface area contributed by atoms with E-state index in [2.05, 4.69) is 0 Å². The van der Waals surface area contributed by atoms with Gasteiger partial charge >= 0.3 is 5.66 Å². The highest BCUT2D eigenvalue weighted by atomic mass is 16.6. The Hall–Kier alpha value is -1.47. The number of hydrogen-bond donors (Lipinski definition) is 1. The molecule has 1 saturated heterocycles. The zero-order valence-corrected chi connectivity index (χ0v) is 13.2. The third kappa shape index (κ3) is 2.06. The lowest BCUT2D eigenvalue weighted by molar-refractivity contribution is -0.618. The molecule has 3 atom stereocenters. The Labute approximate surface area is 130 Å². The largest absolute Gasteiger partial charge is 0.317 e. The van der Waals surface area contributed by atoms with Gasteiger partial charge in [-0.1, -0.05) is 6.92 Å². The van der Waals surface area contributed by atoms with E-state index in [1.165, 1.54) is 4.90 Å². The highest BCUT2D eigenvalue weighted by Gasteiger charge is 2.63. The van der Waals surface area contributed by atoms with Gasteiger partial charge in [-0.05, 0) is 38.2 Å². The van der Waals surface area contributed by atoms with Gasteiger partial charge in [0.2, 0.25) is 5.91 Å². The predicted molar refractivity (Wildman–Crippen MR) is 81.0 cm³/mol. The topological polar surface area (TPSA) is 92.7 Å². The molecule has 122 valence electrons. The number of hydrogen-bond acceptors (Lipinski definition) is 5. The average molecular weight is 308 g/mol. The van der Waals surface area contributed by atoms with Crippen LogP contribution < -0.4 is 5.73 Å². The zero-order valence-electron chi connectivity index (χ0n) is 13.2. The molecule has 2 N–H and O–H groups in total. The van der Waals surface area contributed by atoms with E-state index in [9.17, 15) is 14.9 Å². The van der Waals surface area contributed by atoms with Gasteiger partial charge in [0, 0.05) is 30.1 Å². The molecule has 2 fully saturated rings. The van der Waals surface area contributed by atoms with Crippen LogP contribution in [-0.4, -0.2) is 45.5 Å². The second-order valence-electron chi connectivity index (χ2n) is 6.79. The number of rotatable bonds is 3.